The summed E-state index contributed by atoms with van der Waals surface area (Å²) in [7, 11) is 0. The zero-order chi connectivity index (χ0) is 17.1. The Hall–Kier alpha value is -1.32. The van der Waals surface area contributed by atoms with Gasteiger partial charge in [0.15, 0.2) is 0 Å². The van der Waals surface area contributed by atoms with E-state index in [0.29, 0.717) is 5.92 Å². The van der Waals surface area contributed by atoms with Crippen molar-refractivity contribution < 1.29 is 0 Å². The second kappa shape index (κ2) is 5.60. The molecule has 0 amide bonds. The summed E-state index contributed by atoms with van der Waals surface area (Å²) in [5.41, 5.74) is 7.99. The molecule has 1 aromatic rings. The summed E-state index contributed by atoms with van der Waals surface area (Å²) >= 11 is 7.38. The van der Waals surface area contributed by atoms with Gasteiger partial charge < -0.3 is 4.98 Å². The molecule has 0 saturated carbocycles. The number of halogens is 2. The van der Waals surface area contributed by atoms with Gasteiger partial charge in [0.25, 0.3) is 0 Å². The Morgan fingerprint density at radius 3 is 2.58 bits per heavy atom. The molecule has 0 fully saturated rings. The Balaban J connectivity index is 1.88. The van der Waals surface area contributed by atoms with Crippen molar-refractivity contribution in [2.24, 2.45) is 0 Å². The molecule has 1 heterocycles. The van der Waals surface area contributed by atoms with E-state index in [-0.39, 0.29) is 5.41 Å². The quantitative estimate of drug-likeness (QED) is 0.432. The molecule has 1 aromatic carbocycles. The zero-order valence-corrected chi connectivity index (χ0v) is 17.1. The van der Waals surface area contributed by atoms with Gasteiger partial charge in [0.05, 0.1) is 5.69 Å². The highest BCUT2D eigenvalue weighted by atomic mass is 79.9. The molecule has 0 spiro atoms. The van der Waals surface area contributed by atoms with E-state index >= 15 is 0 Å². The number of pyridine rings is 1. The van der Waals surface area contributed by atoms with Crippen LogP contribution < -0.4 is 0 Å². The van der Waals surface area contributed by atoms with Gasteiger partial charge in [-0.2, -0.15) is 0 Å². The smallest absolute Gasteiger partial charge is 0.0503 e. The molecule has 2 aliphatic carbocycles. The number of fused-ring (bicyclic) bond motifs is 2. The molecule has 0 bridgehead atoms. The Bertz CT molecular complexity index is 933. The summed E-state index contributed by atoms with van der Waals surface area (Å²) < 4.78 is 2.32. The van der Waals surface area contributed by atoms with Crippen LogP contribution in [0.3, 0.4) is 0 Å². The summed E-state index contributed by atoms with van der Waals surface area (Å²) in [5.74, 6) is 0.378. The van der Waals surface area contributed by atoms with Crippen molar-refractivity contribution >= 4 is 37.9 Å². The third-order valence-electron chi connectivity index (χ3n) is 5.31. The molecule has 1 nitrogen and oxygen atoms in total. The number of H-pyrrole nitrogens is 1. The van der Waals surface area contributed by atoms with Gasteiger partial charge in [-0.3, -0.25) is 0 Å². The van der Waals surface area contributed by atoms with Crippen LogP contribution in [0.1, 0.15) is 43.4 Å². The Morgan fingerprint density at radius 2 is 1.79 bits per heavy atom. The Labute approximate surface area is 159 Å². The third kappa shape index (κ3) is 2.25. The summed E-state index contributed by atoms with van der Waals surface area (Å²) in [4.78, 5) is 3.46. The Morgan fingerprint density at radius 1 is 1.00 bits per heavy atom. The van der Waals surface area contributed by atoms with Crippen molar-refractivity contribution in [1.82, 2.24) is 4.98 Å². The van der Waals surface area contributed by atoms with Gasteiger partial charge in [-0.1, -0.05) is 81.6 Å². The predicted octanol–water partition coefficient (Wildman–Crippen LogP) is 7.12. The summed E-state index contributed by atoms with van der Waals surface area (Å²) in [5, 5.41) is 0. The monoisotopic (exact) mass is 443 g/mol. The van der Waals surface area contributed by atoms with Crippen LogP contribution in [0.5, 0.6) is 0 Å². The molecule has 1 atom stereocenters. The second-order valence-corrected chi connectivity index (χ2v) is 8.86. The maximum Gasteiger partial charge on any atom is 0.0503 e. The number of allylic oxidation sites excluding steroid dienone is 1. The van der Waals surface area contributed by atoms with Crippen LogP contribution in [0, 0.1) is 0 Å². The summed E-state index contributed by atoms with van der Waals surface area (Å²) in [6.07, 6.45) is 4.34. The third-order valence-corrected chi connectivity index (χ3v) is 6.69. The number of nitrogens with one attached hydrogen (secondary N) is 1. The highest BCUT2D eigenvalue weighted by molar-refractivity contribution is 9.10. The average molecular weight is 445 g/mol. The maximum atomic E-state index is 3.71. The first-order valence-corrected chi connectivity index (χ1v) is 9.72. The molecule has 24 heavy (non-hydrogen) atoms. The summed E-state index contributed by atoms with van der Waals surface area (Å²) in [6, 6.07) is 13.1. The zero-order valence-electron chi connectivity index (χ0n) is 14.0. The van der Waals surface area contributed by atoms with Gasteiger partial charge in [0, 0.05) is 32.0 Å². The SMILES string of the molecule is CC1=Cc2c(Br)cccc2C1C(C)(C)c1ccc2c(Br)cc[nH]c1-2. The molecule has 1 aliphatic heterocycles. The molecule has 0 aromatic heterocycles. The van der Waals surface area contributed by atoms with Gasteiger partial charge >= 0.3 is 0 Å². The predicted molar refractivity (Wildman–Crippen MR) is 109 cm³/mol. The van der Waals surface area contributed by atoms with Crippen LogP contribution in [-0.2, 0) is 5.41 Å². The van der Waals surface area contributed by atoms with E-state index in [1.807, 2.05) is 6.20 Å². The molecule has 0 radical (unpaired) electrons. The standard InChI is InChI=1S/C21H19Br2N/c1-12-11-15-13(5-4-6-17(15)22)19(12)21(2,3)16-8-7-14-18(23)9-10-24-20(14)16/h4-11,19,24H,1-3H3. The van der Waals surface area contributed by atoms with E-state index < -0.39 is 0 Å². The van der Waals surface area contributed by atoms with Gasteiger partial charge in [0.2, 0.25) is 0 Å². The highest BCUT2D eigenvalue weighted by Crippen LogP contribution is 2.52. The lowest BCUT2D eigenvalue weighted by Crippen LogP contribution is -2.27. The number of aromatic amines is 1. The van der Waals surface area contributed by atoms with Crippen molar-refractivity contribution in [2.45, 2.75) is 32.1 Å². The van der Waals surface area contributed by atoms with Gasteiger partial charge in [-0.25, -0.2) is 0 Å². The highest BCUT2D eigenvalue weighted by Gasteiger charge is 2.40. The first-order valence-electron chi connectivity index (χ1n) is 8.14. The van der Waals surface area contributed by atoms with Crippen LogP contribution >= 0.6 is 31.9 Å². The topological polar surface area (TPSA) is 15.8 Å². The van der Waals surface area contributed by atoms with Crippen LogP contribution in [0.15, 0.2) is 57.1 Å². The number of aromatic nitrogens is 1. The number of benzene rings is 1. The average Bonchev–Trinajstić information content (AvgIpc) is 3.10. The first-order chi connectivity index (χ1) is 11.4. The van der Waals surface area contributed by atoms with Crippen molar-refractivity contribution in [3.8, 4) is 11.3 Å². The van der Waals surface area contributed by atoms with Gasteiger partial charge in [0.1, 0.15) is 0 Å². The van der Waals surface area contributed by atoms with Crippen LogP contribution in [-0.4, -0.2) is 4.98 Å². The largest absolute Gasteiger partial charge is 0.361 e. The maximum absolute atomic E-state index is 3.71. The van der Waals surface area contributed by atoms with Crippen molar-refractivity contribution in [2.75, 3.05) is 0 Å². The lowest BCUT2D eigenvalue weighted by atomic mass is 9.69. The molecular weight excluding hydrogens is 426 g/mol. The van der Waals surface area contributed by atoms with Crippen LogP contribution in [0.2, 0.25) is 0 Å². The molecule has 0 saturated heterocycles. The molecule has 122 valence electrons. The van der Waals surface area contributed by atoms with Crippen LogP contribution in [0.4, 0.5) is 0 Å². The lowest BCUT2D eigenvalue weighted by Gasteiger charge is -2.34. The Kier molecular flexibility index (Phi) is 3.77. The van der Waals surface area contributed by atoms with Crippen molar-refractivity contribution in [3.05, 3.63) is 73.8 Å². The van der Waals surface area contributed by atoms with Gasteiger partial charge in [-0.15, -0.1) is 0 Å². The van der Waals surface area contributed by atoms with Crippen LogP contribution in [0.25, 0.3) is 17.3 Å². The fraction of sp³-hybridized carbons (Fsp3) is 0.238. The minimum Gasteiger partial charge on any atom is -0.361 e. The molecule has 3 heteroatoms. The van der Waals surface area contributed by atoms with Crippen molar-refractivity contribution in [3.63, 3.8) is 0 Å². The molecule has 1 N–H and O–H groups in total. The second-order valence-electron chi connectivity index (χ2n) is 7.15. The van der Waals surface area contributed by atoms with E-state index in [1.54, 1.807) is 0 Å². The van der Waals surface area contributed by atoms with E-state index in [0.717, 1.165) is 4.47 Å². The van der Waals surface area contributed by atoms with Crippen molar-refractivity contribution in [1.29, 1.82) is 0 Å². The molecular formula is C21H19Br2N. The molecule has 1 unspecified atom stereocenters. The number of hydrogen-bond donors (Lipinski definition) is 1. The minimum atomic E-state index is -0.00826. The molecule has 3 aliphatic rings. The fourth-order valence-electron chi connectivity index (χ4n) is 4.29. The van der Waals surface area contributed by atoms with E-state index in [1.165, 1.54) is 38.0 Å². The normalized spacial score (nSPS) is 17.2. The minimum absolute atomic E-state index is 0.00826. The van der Waals surface area contributed by atoms with E-state index in [9.17, 15) is 0 Å². The van der Waals surface area contributed by atoms with E-state index in [4.69, 9.17) is 0 Å². The fourth-order valence-corrected chi connectivity index (χ4v) is 5.24. The van der Waals surface area contributed by atoms with E-state index in [2.05, 4.69) is 100 Å². The number of hydrogen-bond acceptors (Lipinski definition) is 0. The van der Waals surface area contributed by atoms with Gasteiger partial charge in [-0.05, 0) is 35.7 Å². The first kappa shape index (κ1) is 16.2. The lowest BCUT2D eigenvalue weighted by molar-refractivity contribution is 0.460. The summed E-state index contributed by atoms with van der Waals surface area (Å²) in [6.45, 7) is 6.96. The molecule has 4 rings (SSSR count). The number of rotatable bonds is 2.